The predicted octanol–water partition coefficient (Wildman–Crippen LogP) is 2.96. The molecule has 0 bridgehead atoms. The number of carbonyl (C=O) groups excluding carboxylic acids is 1. The molecule has 0 fully saturated rings. The lowest BCUT2D eigenvalue weighted by Crippen LogP contribution is -2.15. The minimum Gasteiger partial charge on any atom is -0.506 e. The third kappa shape index (κ3) is 2.58. The van der Waals surface area contributed by atoms with Gasteiger partial charge in [0.1, 0.15) is 17.1 Å². The number of ether oxygens (including phenoxy) is 2. The second-order valence-electron chi connectivity index (χ2n) is 5.04. The molecule has 0 aliphatic carbocycles. The van der Waals surface area contributed by atoms with E-state index in [0.29, 0.717) is 0 Å². The molecule has 0 saturated heterocycles. The van der Waals surface area contributed by atoms with Gasteiger partial charge < -0.3 is 19.0 Å². The summed E-state index contributed by atoms with van der Waals surface area (Å²) >= 11 is 0. The molecule has 122 valence electrons. The minimum absolute atomic E-state index is 0.183. The Balaban J connectivity index is 2.19. The van der Waals surface area contributed by atoms with Crippen molar-refractivity contribution in [3.05, 3.63) is 58.4 Å². The zero-order valence-electron chi connectivity index (χ0n) is 13.0. The van der Waals surface area contributed by atoms with Crippen molar-refractivity contribution in [2.75, 3.05) is 14.2 Å². The van der Waals surface area contributed by atoms with Gasteiger partial charge in [-0.1, -0.05) is 18.2 Å². The maximum Gasteiger partial charge on any atom is 0.354 e. The average Bonchev–Trinajstić information content (AvgIpc) is 2.61. The Morgan fingerprint density at radius 3 is 2.33 bits per heavy atom. The number of hydrogen-bond acceptors (Lipinski definition) is 6. The number of benzene rings is 2. The Kier molecular flexibility index (Phi) is 3.95. The Labute approximate surface area is 136 Å². The smallest absolute Gasteiger partial charge is 0.354 e. The quantitative estimate of drug-likeness (QED) is 0.588. The number of rotatable bonds is 3. The molecular weight excluding hydrogens is 312 g/mol. The summed E-state index contributed by atoms with van der Waals surface area (Å²) in [6.45, 7) is 0. The van der Waals surface area contributed by atoms with E-state index < -0.39 is 22.9 Å². The summed E-state index contributed by atoms with van der Waals surface area (Å²) in [4.78, 5) is 23.5. The van der Waals surface area contributed by atoms with E-state index in [1.165, 1.54) is 0 Å². The zero-order valence-corrected chi connectivity index (χ0v) is 13.0. The lowest BCUT2D eigenvalue weighted by molar-refractivity contribution is 0.0592. The largest absolute Gasteiger partial charge is 0.506 e. The summed E-state index contributed by atoms with van der Waals surface area (Å²) in [5, 5.41) is 10.6. The summed E-state index contributed by atoms with van der Waals surface area (Å²) in [7, 11) is 2.71. The van der Waals surface area contributed by atoms with Gasteiger partial charge in [-0.25, -0.2) is 9.59 Å². The third-order valence-electron chi connectivity index (χ3n) is 3.69. The fourth-order valence-electron chi connectivity index (χ4n) is 2.43. The van der Waals surface area contributed by atoms with E-state index in [-0.39, 0.29) is 11.0 Å². The Bertz CT molecular complexity index is 969. The van der Waals surface area contributed by atoms with Crippen LogP contribution < -0.4 is 10.4 Å². The number of esters is 1. The normalized spacial score (nSPS) is 10.6. The molecule has 2 aromatic carbocycles. The molecule has 3 rings (SSSR count). The third-order valence-corrected chi connectivity index (χ3v) is 3.69. The predicted molar refractivity (Wildman–Crippen MR) is 87.5 cm³/mol. The first kappa shape index (κ1) is 15.6. The fourth-order valence-corrected chi connectivity index (χ4v) is 2.43. The van der Waals surface area contributed by atoms with Gasteiger partial charge in [0.05, 0.1) is 19.6 Å². The van der Waals surface area contributed by atoms with Crippen LogP contribution in [0, 0.1) is 0 Å². The highest BCUT2D eigenvalue weighted by molar-refractivity contribution is 5.99. The summed E-state index contributed by atoms with van der Waals surface area (Å²) < 4.78 is 14.7. The highest BCUT2D eigenvalue weighted by Crippen LogP contribution is 2.31. The van der Waals surface area contributed by atoms with E-state index in [0.717, 1.165) is 24.0 Å². The molecule has 0 aliphatic heterocycles. The molecule has 1 heterocycles. The van der Waals surface area contributed by atoms with E-state index in [2.05, 4.69) is 4.74 Å². The van der Waals surface area contributed by atoms with Gasteiger partial charge in [-0.3, -0.25) is 0 Å². The number of aromatic hydroxyl groups is 1. The zero-order chi connectivity index (χ0) is 17.3. The van der Waals surface area contributed by atoms with Gasteiger partial charge in [-0.15, -0.1) is 0 Å². The summed E-state index contributed by atoms with van der Waals surface area (Å²) in [5.74, 6) is -0.678. The molecule has 0 spiro atoms. The van der Waals surface area contributed by atoms with Crippen molar-refractivity contribution in [1.29, 1.82) is 0 Å². The van der Waals surface area contributed by atoms with Gasteiger partial charge in [0.2, 0.25) is 0 Å². The molecule has 0 aliphatic rings. The highest BCUT2D eigenvalue weighted by Gasteiger charge is 2.21. The number of fused-ring (bicyclic) bond motifs is 1. The number of hydrogen-bond donors (Lipinski definition) is 1. The summed E-state index contributed by atoms with van der Waals surface area (Å²) in [5.41, 5.74) is 0.386. The van der Waals surface area contributed by atoms with E-state index in [1.54, 1.807) is 25.3 Å². The van der Waals surface area contributed by atoms with Gasteiger partial charge in [-0.2, -0.15) is 0 Å². The first-order valence-corrected chi connectivity index (χ1v) is 7.07. The molecule has 6 nitrogen and oxygen atoms in total. The van der Waals surface area contributed by atoms with E-state index in [9.17, 15) is 14.7 Å². The monoisotopic (exact) mass is 326 g/mol. The van der Waals surface area contributed by atoms with Crippen LogP contribution in [0.15, 0.2) is 51.7 Å². The van der Waals surface area contributed by atoms with Crippen molar-refractivity contribution in [3.63, 3.8) is 0 Å². The highest BCUT2D eigenvalue weighted by atomic mass is 16.5. The Hall–Kier alpha value is -3.28. The minimum atomic E-state index is -0.946. The topological polar surface area (TPSA) is 86.0 Å². The van der Waals surface area contributed by atoms with Crippen LogP contribution in [0.5, 0.6) is 11.5 Å². The first-order valence-electron chi connectivity index (χ1n) is 7.07. The molecule has 0 unspecified atom stereocenters. The number of methoxy groups -OCH3 is 2. The van der Waals surface area contributed by atoms with Gasteiger partial charge in [0.15, 0.2) is 5.56 Å². The Morgan fingerprint density at radius 2 is 1.71 bits per heavy atom. The molecule has 0 atom stereocenters. The van der Waals surface area contributed by atoms with Crippen LogP contribution in [0.3, 0.4) is 0 Å². The van der Waals surface area contributed by atoms with E-state index >= 15 is 0 Å². The van der Waals surface area contributed by atoms with Gasteiger partial charge in [-0.05, 0) is 35.4 Å². The average molecular weight is 326 g/mol. The van der Waals surface area contributed by atoms with Crippen LogP contribution in [0.1, 0.15) is 10.4 Å². The lowest BCUT2D eigenvalue weighted by atomic mass is 10.0. The van der Waals surface area contributed by atoms with E-state index in [1.807, 2.05) is 24.3 Å². The van der Waals surface area contributed by atoms with Crippen LogP contribution >= 0.6 is 0 Å². The van der Waals surface area contributed by atoms with Gasteiger partial charge in [0.25, 0.3) is 0 Å². The molecular formula is C18H14O6. The molecule has 6 heteroatoms. The van der Waals surface area contributed by atoms with Crippen molar-refractivity contribution in [1.82, 2.24) is 0 Å². The van der Waals surface area contributed by atoms with E-state index in [4.69, 9.17) is 9.15 Å². The maximum absolute atomic E-state index is 11.8. The van der Waals surface area contributed by atoms with Crippen LogP contribution in [0.2, 0.25) is 0 Å². The Morgan fingerprint density at radius 1 is 1.04 bits per heavy atom. The summed E-state index contributed by atoms with van der Waals surface area (Å²) in [6.07, 6.45) is 0. The second-order valence-corrected chi connectivity index (χ2v) is 5.04. The first-order chi connectivity index (χ1) is 11.5. The summed E-state index contributed by atoms with van der Waals surface area (Å²) in [6, 6.07) is 12.3. The molecule has 0 radical (unpaired) electrons. The fraction of sp³-hybridized carbons (Fsp3) is 0.111. The molecule has 3 aromatic rings. The van der Waals surface area contributed by atoms with Crippen molar-refractivity contribution >= 4 is 16.9 Å². The number of carbonyl (C=O) groups is 1. The molecule has 1 aromatic heterocycles. The maximum atomic E-state index is 11.8. The van der Waals surface area contributed by atoms with Crippen LogP contribution in [0.4, 0.5) is 0 Å². The molecule has 1 N–H and O–H groups in total. The van der Waals surface area contributed by atoms with Crippen molar-refractivity contribution in [2.45, 2.75) is 0 Å². The van der Waals surface area contributed by atoms with Crippen molar-refractivity contribution in [3.8, 4) is 22.6 Å². The van der Waals surface area contributed by atoms with Gasteiger partial charge in [0, 0.05) is 0 Å². The van der Waals surface area contributed by atoms with Crippen LogP contribution in [0.25, 0.3) is 22.1 Å². The van der Waals surface area contributed by atoms with Crippen molar-refractivity contribution in [2.24, 2.45) is 0 Å². The van der Waals surface area contributed by atoms with Gasteiger partial charge >= 0.3 is 11.6 Å². The SMILES string of the molecule is COC(=O)c1c(O)c2cc(-c3ccc(OC)cc3)ccc2oc1=O. The molecule has 0 amide bonds. The molecule has 24 heavy (non-hydrogen) atoms. The standard InChI is InChI=1S/C18H14O6/c1-22-12-6-3-10(4-7-12)11-5-8-14-13(9-11)16(19)15(17(20)23-2)18(21)24-14/h3-9,19H,1-2H3. The van der Waals surface area contributed by atoms with Crippen LogP contribution in [-0.2, 0) is 4.74 Å². The van der Waals surface area contributed by atoms with Crippen molar-refractivity contribution < 1.29 is 23.8 Å². The molecule has 0 saturated carbocycles. The lowest BCUT2D eigenvalue weighted by Gasteiger charge is -2.08. The second kappa shape index (κ2) is 6.08. The van der Waals surface area contributed by atoms with Crippen LogP contribution in [-0.4, -0.2) is 25.3 Å².